The van der Waals surface area contributed by atoms with Gasteiger partial charge in [0.1, 0.15) is 6.10 Å². The van der Waals surface area contributed by atoms with Gasteiger partial charge in [-0.1, -0.05) is 36.4 Å². The van der Waals surface area contributed by atoms with Crippen molar-refractivity contribution in [3.8, 4) is 0 Å². The highest BCUT2D eigenvalue weighted by Crippen LogP contribution is 2.24. The van der Waals surface area contributed by atoms with Crippen LogP contribution in [0.25, 0.3) is 6.08 Å². The summed E-state index contributed by atoms with van der Waals surface area (Å²) in [6, 6.07) is 7.85. The monoisotopic (exact) mass is 262 g/mol. The number of hydrogen-bond donors (Lipinski definition) is 1. The summed E-state index contributed by atoms with van der Waals surface area (Å²) in [5.41, 5.74) is 2.05. The topological polar surface area (TPSA) is 59.1 Å². The Hall–Kier alpha value is -1.65. The van der Waals surface area contributed by atoms with E-state index < -0.39 is 5.97 Å². The third-order valence-electron chi connectivity index (χ3n) is 2.96. The van der Waals surface area contributed by atoms with E-state index in [9.17, 15) is 4.79 Å². The lowest BCUT2D eigenvalue weighted by atomic mass is 10.0. The normalized spacial score (nSPS) is 19.5. The van der Waals surface area contributed by atoms with Gasteiger partial charge in [0.05, 0.1) is 25.7 Å². The highest BCUT2D eigenvalue weighted by Gasteiger charge is 2.23. The molecule has 0 saturated carbocycles. The molecule has 2 atom stereocenters. The molecule has 1 aromatic carbocycles. The zero-order valence-electron chi connectivity index (χ0n) is 10.9. The van der Waals surface area contributed by atoms with Crippen LogP contribution in [-0.2, 0) is 14.3 Å². The molecular formula is C15H18O4. The first kappa shape index (κ1) is 13.8. The van der Waals surface area contributed by atoms with Crippen LogP contribution < -0.4 is 0 Å². The van der Waals surface area contributed by atoms with Crippen molar-refractivity contribution in [2.24, 2.45) is 0 Å². The second kappa shape index (κ2) is 6.50. The van der Waals surface area contributed by atoms with E-state index in [1.54, 1.807) is 6.08 Å². The lowest BCUT2D eigenvalue weighted by Crippen LogP contribution is -2.07. The second-order valence-corrected chi connectivity index (χ2v) is 4.56. The van der Waals surface area contributed by atoms with Crippen LogP contribution in [0.5, 0.6) is 0 Å². The molecule has 0 radical (unpaired) electrons. The van der Waals surface area contributed by atoms with Crippen LogP contribution in [0, 0.1) is 0 Å². The molecule has 1 heterocycles. The van der Waals surface area contributed by atoms with Crippen molar-refractivity contribution >= 4 is 12.0 Å². The fraction of sp³-hybridized carbons (Fsp3) is 0.400. The van der Waals surface area contributed by atoms with Gasteiger partial charge in [0.25, 0.3) is 0 Å². The Labute approximate surface area is 112 Å². The Morgan fingerprint density at radius 3 is 3.00 bits per heavy atom. The van der Waals surface area contributed by atoms with Crippen LogP contribution >= 0.6 is 0 Å². The molecule has 1 saturated heterocycles. The largest absolute Gasteiger partial charge is 0.481 e. The number of aliphatic carboxylic acids is 1. The van der Waals surface area contributed by atoms with Gasteiger partial charge in [-0.2, -0.15) is 0 Å². The van der Waals surface area contributed by atoms with E-state index in [0.29, 0.717) is 6.61 Å². The third-order valence-corrected chi connectivity index (χ3v) is 2.96. The lowest BCUT2D eigenvalue weighted by molar-refractivity contribution is -0.135. The summed E-state index contributed by atoms with van der Waals surface area (Å²) in [6.45, 7) is 3.38. The van der Waals surface area contributed by atoms with Crippen molar-refractivity contribution in [2.45, 2.75) is 25.6 Å². The van der Waals surface area contributed by atoms with Gasteiger partial charge in [-0.15, -0.1) is 0 Å². The van der Waals surface area contributed by atoms with E-state index in [-0.39, 0.29) is 18.6 Å². The minimum Gasteiger partial charge on any atom is -0.481 e. The molecular weight excluding hydrogens is 244 g/mol. The predicted octanol–water partition coefficient (Wildman–Crippen LogP) is 2.65. The zero-order chi connectivity index (χ0) is 13.7. The van der Waals surface area contributed by atoms with E-state index in [1.165, 1.54) is 0 Å². The summed E-state index contributed by atoms with van der Waals surface area (Å²) in [7, 11) is 0. The first-order valence-electron chi connectivity index (χ1n) is 6.37. The van der Waals surface area contributed by atoms with Gasteiger partial charge in [-0.3, -0.25) is 4.79 Å². The zero-order valence-corrected chi connectivity index (χ0v) is 10.9. The first-order valence-corrected chi connectivity index (χ1v) is 6.37. The second-order valence-electron chi connectivity index (χ2n) is 4.56. The van der Waals surface area contributed by atoms with Crippen LogP contribution in [0.1, 0.15) is 30.6 Å². The van der Waals surface area contributed by atoms with Crippen LogP contribution in [-0.4, -0.2) is 30.4 Å². The van der Waals surface area contributed by atoms with Crippen LogP contribution in [0.2, 0.25) is 0 Å². The molecule has 1 aromatic rings. The maximum Gasteiger partial charge on any atom is 0.307 e. The van der Waals surface area contributed by atoms with Gasteiger partial charge in [0.15, 0.2) is 0 Å². The van der Waals surface area contributed by atoms with Crippen LogP contribution in [0.3, 0.4) is 0 Å². The fourth-order valence-electron chi connectivity index (χ4n) is 1.83. The minimum absolute atomic E-state index is 0.0273. The molecule has 0 amide bonds. The van der Waals surface area contributed by atoms with E-state index in [4.69, 9.17) is 14.6 Å². The van der Waals surface area contributed by atoms with Crippen molar-refractivity contribution in [1.29, 1.82) is 0 Å². The van der Waals surface area contributed by atoms with Gasteiger partial charge in [0, 0.05) is 0 Å². The maximum atomic E-state index is 10.5. The number of carbonyl (C=O) groups is 1. The van der Waals surface area contributed by atoms with Gasteiger partial charge in [0.2, 0.25) is 0 Å². The fourth-order valence-corrected chi connectivity index (χ4v) is 1.83. The van der Waals surface area contributed by atoms with E-state index >= 15 is 0 Å². The Morgan fingerprint density at radius 2 is 2.32 bits per heavy atom. The molecule has 0 unspecified atom stereocenters. The minimum atomic E-state index is -0.830. The molecule has 1 fully saturated rings. The number of carboxylic acids is 1. The number of benzene rings is 1. The molecule has 19 heavy (non-hydrogen) atoms. The maximum absolute atomic E-state index is 10.5. The van der Waals surface area contributed by atoms with E-state index in [1.807, 2.05) is 37.3 Å². The summed E-state index contributed by atoms with van der Waals surface area (Å²) >= 11 is 0. The van der Waals surface area contributed by atoms with E-state index in [0.717, 1.165) is 17.7 Å². The van der Waals surface area contributed by atoms with Crippen molar-refractivity contribution in [2.75, 3.05) is 13.2 Å². The number of carboxylic acid groups (broad SMARTS) is 1. The highest BCUT2D eigenvalue weighted by molar-refractivity contribution is 5.70. The highest BCUT2D eigenvalue weighted by atomic mass is 16.6. The molecule has 1 N–H and O–H groups in total. The molecule has 0 spiro atoms. The van der Waals surface area contributed by atoms with Gasteiger partial charge >= 0.3 is 5.97 Å². The number of hydrogen-bond acceptors (Lipinski definition) is 3. The standard InChI is InChI=1S/C15H18O4/c1-11(18-9-13-10-19-13)14-7-3-2-5-12(14)6-4-8-15(16)17/h2-7,11,13H,8-10H2,1H3,(H,16,17)/t11-,13+/m1/s1. The molecule has 0 aliphatic carbocycles. The molecule has 102 valence electrons. The van der Waals surface area contributed by atoms with Crippen LogP contribution in [0.4, 0.5) is 0 Å². The summed E-state index contributed by atoms with van der Waals surface area (Å²) in [4.78, 5) is 10.5. The molecule has 1 aliphatic heterocycles. The van der Waals surface area contributed by atoms with Crippen molar-refractivity contribution < 1.29 is 19.4 Å². The predicted molar refractivity (Wildman–Crippen MR) is 71.8 cm³/mol. The van der Waals surface area contributed by atoms with E-state index in [2.05, 4.69) is 0 Å². The third kappa shape index (κ3) is 4.50. The Bertz CT molecular complexity index is 463. The Kier molecular flexibility index (Phi) is 4.71. The Morgan fingerprint density at radius 1 is 1.58 bits per heavy atom. The van der Waals surface area contributed by atoms with Crippen molar-refractivity contribution in [1.82, 2.24) is 0 Å². The first-order chi connectivity index (χ1) is 9.16. The smallest absolute Gasteiger partial charge is 0.307 e. The average Bonchev–Trinajstić information content (AvgIpc) is 3.20. The number of ether oxygens (including phenoxy) is 2. The lowest BCUT2D eigenvalue weighted by Gasteiger charge is -2.15. The molecule has 0 aromatic heterocycles. The summed E-state index contributed by atoms with van der Waals surface area (Å²) in [5.74, 6) is -0.830. The summed E-state index contributed by atoms with van der Waals surface area (Å²) in [5, 5.41) is 8.63. The Balaban J connectivity index is 2.01. The van der Waals surface area contributed by atoms with Gasteiger partial charge in [-0.05, 0) is 18.1 Å². The SMILES string of the molecule is C[C@@H](OC[C@H]1CO1)c1ccccc1C=CCC(=O)O. The summed E-state index contributed by atoms with van der Waals surface area (Å²) in [6.07, 6.45) is 3.72. The molecule has 4 heteroatoms. The van der Waals surface area contributed by atoms with Crippen molar-refractivity contribution in [3.05, 3.63) is 41.5 Å². The van der Waals surface area contributed by atoms with Crippen LogP contribution in [0.15, 0.2) is 30.3 Å². The molecule has 4 nitrogen and oxygen atoms in total. The van der Waals surface area contributed by atoms with Gasteiger partial charge < -0.3 is 14.6 Å². The van der Waals surface area contributed by atoms with Gasteiger partial charge in [-0.25, -0.2) is 0 Å². The molecule has 1 aliphatic rings. The summed E-state index contributed by atoms with van der Waals surface area (Å²) < 4.78 is 10.9. The molecule has 0 bridgehead atoms. The van der Waals surface area contributed by atoms with Crippen molar-refractivity contribution in [3.63, 3.8) is 0 Å². The molecule has 2 rings (SSSR count). The average molecular weight is 262 g/mol. The quantitative estimate of drug-likeness (QED) is 0.767. The number of epoxide rings is 1. The number of rotatable bonds is 7.